The SMILES string of the molecule is CCc1ccc(C(C)N/C=C(/C#N)C(=O)NCCOC)cc1. The van der Waals surface area contributed by atoms with Crippen LogP contribution in [0.5, 0.6) is 0 Å². The summed E-state index contributed by atoms with van der Waals surface area (Å²) >= 11 is 0. The van der Waals surface area contributed by atoms with Crippen LogP contribution in [0.25, 0.3) is 0 Å². The van der Waals surface area contributed by atoms with E-state index in [0.717, 1.165) is 12.0 Å². The first-order valence-electron chi connectivity index (χ1n) is 7.34. The summed E-state index contributed by atoms with van der Waals surface area (Å²) in [7, 11) is 1.56. The van der Waals surface area contributed by atoms with Gasteiger partial charge >= 0.3 is 0 Å². The van der Waals surface area contributed by atoms with Gasteiger partial charge in [0, 0.05) is 25.9 Å². The Morgan fingerprint density at radius 1 is 1.41 bits per heavy atom. The van der Waals surface area contributed by atoms with Crippen LogP contribution in [0.1, 0.15) is 31.0 Å². The van der Waals surface area contributed by atoms with Crippen molar-refractivity contribution in [3.63, 3.8) is 0 Å². The standard InChI is InChI=1S/C17H23N3O2/c1-4-14-5-7-15(8-6-14)13(2)20-12-16(11-18)17(21)19-9-10-22-3/h5-8,12-13,20H,4,9-10H2,1-3H3,(H,19,21)/b16-12-. The summed E-state index contributed by atoms with van der Waals surface area (Å²) in [6.45, 7) is 4.89. The van der Waals surface area contributed by atoms with Gasteiger partial charge in [-0.3, -0.25) is 4.79 Å². The number of nitriles is 1. The maximum absolute atomic E-state index is 11.8. The Bertz CT molecular complexity index is 544. The molecule has 0 heterocycles. The predicted octanol–water partition coefficient (Wildman–Crippen LogP) is 2.07. The van der Waals surface area contributed by atoms with Gasteiger partial charge < -0.3 is 15.4 Å². The number of nitrogens with zero attached hydrogens (tertiary/aromatic N) is 1. The molecule has 22 heavy (non-hydrogen) atoms. The Hall–Kier alpha value is -2.32. The number of rotatable bonds is 8. The summed E-state index contributed by atoms with van der Waals surface area (Å²) in [5, 5.41) is 14.8. The van der Waals surface area contributed by atoms with Gasteiger partial charge in [0.25, 0.3) is 5.91 Å². The highest BCUT2D eigenvalue weighted by Gasteiger charge is 2.09. The first-order chi connectivity index (χ1) is 10.6. The molecule has 5 nitrogen and oxygen atoms in total. The van der Waals surface area contributed by atoms with Crippen LogP contribution >= 0.6 is 0 Å². The van der Waals surface area contributed by atoms with Crippen molar-refractivity contribution in [2.45, 2.75) is 26.3 Å². The molecule has 0 aliphatic rings. The summed E-state index contributed by atoms with van der Waals surface area (Å²) in [5.41, 5.74) is 2.43. The molecule has 0 aliphatic heterocycles. The summed E-state index contributed by atoms with van der Waals surface area (Å²) in [5.74, 6) is -0.402. The number of aryl methyl sites for hydroxylation is 1. The van der Waals surface area contributed by atoms with Gasteiger partial charge in [0.15, 0.2) is 0 Å². The summed E-state index contributed by atoms with van der Waals surface area (Å²) in [6, 6.07) is 10.2. The van der Waals surface area contributed by atoms with Gasteiger partial charge in [-0.15, -0.1) is 0 Å². The fraction of sp³-hybridized carbons (Fsp3) is 0.412. The van der Waals surface area contributed by atoms with Gasteiger partial charge in [-0.05, 0) is 24.5 Å². The molecule has 0 aliphatic carbocycles. The van der Waals surface area contributed by atoms with Gasteiger partial charge in [0.05, 0.1) is 6.61 Å². The number of hydrogen-bond acceptors (Lipinski definition) is 4. The molecule has 0 radical (unpaired) electrons. The lowest BCUT2D eigenvalue weighted by atomic mass is 10.1. The Morgan fingerprint density at radius 3 is 2.64 bits per heavy atom. The lowest BCUT2D eigenvalue weighted by Crippen LogP contribution is -2.29. The summed E-state index contributed by atoms with van der Waals surface area (Å²) in [4.78, 5) is 11.8. The van der Waals surface area contributed by atoms with Crippen LogP contribution < -0.4 is 10.6 Å². The van der Waals surface area contributed by atoms with E-state index in [1.54, 1.807) is 7.11 Å². The molecule has 118 valence electrons. The van der Waals surface area contributed by atoms with Gasteiger partial charge in [0.2, 0.25) is 0 Å². The molecule has 5 heteroatoms. The second-order valence-electron chi connectivity index (χ2n) is 4.90. The molecule has 1 unspecified atom stereocenters. The summed E-state index contributed by atoms with van der Waals surface area (Å²) < 4.78 is 4.85. The third kappa shape index (κ3) is 5.58. The van der Waals surface area contributed by atoms with Gasteiger partial charge in [0.1, 0.15) is 11.6 Å². The third-order valence-corrected chi connectivity index (χ3v) is 3.32. The minimum atomic E-state index is -0.402. The van der Waals surface area contributed by atoms with Crippen molar-refractivity contribution in [1.82, 2.24) is 10.6 Å². The highest BCUT2D eigenvalue weighted by molar-refractivity contribution is 5.97. The quantitative estimate of drug-likeness (QED) is 0.438. The fourth-order valence-electron chi connectivity index (χ4n) is 1.86. The molecule has 1 rings (SSSR count). The highest BCUT2D eigenvalue weighted by atomic mass is 16.5. The number of benzene rings is 1. The first kappa shape index (κ1) is 17.7. The predicted molar refractivity (Wildman–Crippen MR) is 86.0 cm³/mol. The van der Waals surface area contributed by atoms with Crippen LogP contribution in [-0.2, 0) is 16.0 Å². The molecule has 2 N–H and O–H groups in total. The van der Waals surface area contributed by atoms with E-state index in [-0.39, 0.29) is 11.6 Å². The van der Waals surface area contributed by atoms with E-state index in [0.29, 0.717) is 13.2 Å². The number of hydrogen-bond donors (Lipinski definition) is 2. The smallest absolute Gasteiger partial charge is 0.263 e. The lowest BCUT2D eigenvalue weighted by molar-refractivity contribution is -0.117. The van der Waals surface area contributed by atoms with Crippen molar-refractivity contribution in [2.75, 3.05) is 20.3 Å². The minimum absolute atomic E-state index is 0.0148. The molecule has 1 aromatic carbocycles. The molecule has 1 aromatic rings. The zero-order chi connectivity index (χ0) is 16.4. The molecule has 0 saturated heterocycles. The van der Waals surface area contributed by atoms with Crippen LogP contribution in [0.15, 0.2) is 36.0 Å². The second kappa shape index (κ2) is 9.59. The van der Waals surface area contributed by atoms with Crippen molar-refractivity contribution in [3.05, 3.63) is 47.2 Å². The van der Waals surface area contributed by atoms with E-state index in [1.165, 1.54) is 11.8 Å². The van der Waals surface area contributed by atoms with E-state index in [1.807, 2.05) is 13.0 Å². The molecule has 1 atom stereocenters. The van der Waals surface area contributed by atoms with Crippen molar-refractivity contribution >= 4 is 5.91 Å². The zero-order valence-electron chi connectivity index (χ0n) is 13.3. The van der Waals surface area contributed by atoms with Crippen LogP contribution in [0.2, 0.25) is 0 Å². The molecule has 0 aromatic heterocycles. The Kier molecular flexibility index (Phi) is 7.73. The van der Waals surface area contributed by atoms with Crippen LogP contribution in [0.4, 0.5) is 0 Å². The van der Waals surface area contributed by atoms with Crippen molar-refractivity contribution < 1.29 is 9.53 Å². The Balaban J connectivity index is 2.62. The largest absolute Gasteiger partial charge is 0.383 e. The van der Waals surface area contributed by atoms with Gasteiger partial charge in [-0.2, -0.15) is 5.26 Å². The number of ether oxygens (including phenoxy) is 1. The Morgan fingerprint density at radius 2 is 2.09 bits per heavy atom. The number of methoxy groups -OCH3 is 1. The van der Waals surface area contributed by atoms with E-state index in [4.69, 9.17) is 10.00 Å². The number of nitrogens with one attached hydrogen (secondary N) is 2. The first-order valence-corrected chi connectivity index (χ1v) is 7.34. The number of amides is 1. The molecular weight excluding hydrogens is 278 g/mol. The molecular formula is C17H23N3O2. The topological polar surface area (TPSA) is 74.2 Å². The zero-order valence-corrected chi connectivity index (χ0v) is 13.3. The maximum Gasteiger partial charge on any atom is 0.263 e. The van der Waals surface area contributed by atoms with E-state index in [9.17, 15) is 4.79 Å². The van der Waals surface area contributed by atoms with Crippen molar-refractivity contribution in [3.8, 4) is 6.07 Å². The molecule has 0 fully saturated rings. The average Bonchev–Trinajstić information content (AvgIpc) is 2.55. The molecule has 1 amide bonds. The van der Waals surface area contributed by atoms with E-state index in [2.05, 4.69) is 41.8 Å². The van der Waals surface area contributed by atoms with Crippen LogP contribution in [-0.4, -0.2) is 26.2 Å². The second-order valence-corrected chi connectivity index (χ2v) is 4.90. The highest BCUT2D eigenvalue weighted by Crippen LogP contribution is 2.14. The van der Waals surface area contributed by atoms with Gasteiger partial charge in [-0.1, -0.05) is 31.2 Å². The van der Waals surface area contributed by atoms with E-state index >= 15 is 0 Å². The molecule has 0 saturated carbocycles. The summed E-state index contributed by atoms with van der Waals surface area (Å²) in [6.07, 6.45) is 2.46. The monoisotopic (exact) mass is 301 g/mol. The molecule has 0 bridgehead atoms. The number of carbonyl (C=O) groups excluding carboxylic acids is 1. The van der Waals surface area contributed by atoms with Crippen molar-refractivity contribution in [2.24, 2.45) is 0 Å². The normalized spacial score (nSPS) is 12.4. The molecule has 0 spiro atoms. The fourth-order valence-corrected chi connectivity index (χ4v) is 1.86. The Labute approximate surface area is 132 Å². The minimum Gasteiger partial charge on any atom is -0.383 e. The van der Waals surface area contributed by atoms with E-state index < -0.39 is 5.91 Å². The third-order valence-electron chi connectivity index (χ3n) is 3.32. The average molecular weight is 301 g/mol. The van der Waals surface area contributed by atoms with Crippen LogP contribution in [0.3, 0.4) is 0 Å². The lowest BCUT2D eigenvalue weighted by Gasteiger charge is -2.13. The maximum atomic E-state index is 11.8. The van der Waals surface area contributed by atoms with Gasteiger partial charge in [-0.25, -0.2) is 0 Å². The van der Waals surface area contributed by atoms with Crippen LogP contribution in [0, 0.1) is 11.3 Å². The number of carbonyl (C=O) groups is 1. The van der Waals surface area contributed by atoms with Crippen molar-refractivity contribution in [1.29, 1.82) is 5.26 Å².